The Morgan fingerprint density at radius 2 is 1.85 bits per heavy atom. The maximum absolute atomic E-state index is 11.7. The van der Waals surface area contributed by atoms with Crippen molar-refractivity contribution in [2.45, 2.75) is 46.2 Å². The molecule has 7 heteroatoms. The van der Waals surface area contributed by atoms with Crippen LogP contribution < -0.4 is 16.0 Å². The molecule has 0 spiro atoms. The van der Waals surface area contributed by atoms with E-state index < -0.39 is 0 Å². The van der Waals surface area contributed by atoms with Crippen molar-refractivity contribution in [3.8, 4) is 0 Å². The lowest BCUT2D eigenvalue weighted by atomic mass is 10.0. The third-order valence-corrected chi connectivity index (χ3v) is 4.64. The average molecular weight is 396 g/mol. The lowest BCUT2D eigenvalue weighted by Gasteiger charge is -2.31. The van der Waals surface area contributed by atoms with Crippen LogP contribution in [-0.4, -0.2) is 56.0 Å². The van der Waals surface area contributed by atoms with Gasteiger partial charge in [-0.3, -0.25) is 14.7 Å². The molecule has 6 nitrogen and oxygen atoms in total. The van der Waals surface area contributed by atoms with Gasteiger partial charge in [0.2, 0.25) is 5.91 Å². The number of hydrogen-bond donors (Lipinski definition) is 3. The normalized spacial score (nSPS) is 13.0. The quantitative estimate of drug-likeness (QED) is 0.421. The van der Waals surface area contributed by atoms with Gasteiger partial charge in [0.05, 0.1) is 6.04 Å². The van der Waals surface area contributed by atoms with Gasteiger partial charge in [0.25, 0.3) is 0 Å². The van der Waals surface area contributed by atoms with Gasteiger partial charge in [-0.15, -0.1) is 0 Å². The molecule has 0 radical (unpaired) electrons. The Balaban J connectivity index is 2.67. The fourth-order valence-corrected chi connectivity index (χ4v) is 3.21. The van der Waals surface area contributed by atoms with Crippen LogP contribution in [-0.2, 0) is 4.79 Å². The monoisotopic (exact) mass is 395 g/mol. The van der Waals surface area contributed by atoms with E-state index in [1.54, 1.807) is 7.05 Å². The molecule has 0 bridgehead atoms. The number of benzene rings is 1. The molecule has 1 atom stereocenters. The maximum atomic E-state index is 11.7. The van der Waals surface area contributed by atoms with E-state index in [0.717, 1.165) is 23.7 Å². The number of rotatable bonds is 10. The van der Waals surface area contributed by atoms with Crippen LogP contribution in [0.15, 0.2) is 29.3 Å². The molecule has 1 aromatic carbocycles. The molecule has 0 aliphatic rings. The van der Waals surface area contributed by atoms with Crippen LogP contribution >= 0.6 is 11.6 Å². The molecule has 1 aromatic rings. The second-order valence-corrected chi connectivity index (χ2v) is 7.02. The summed E-state index contributed by atoms with van der Waals surface area (Å²) in [6.07, 6.45) is 0.406. The van der Waals surface area contributed by atoms with Crippen molar-refractivity contribution in [1.82, 2.24) is 20.9 Å². The summed E-state index contributed by atoms with van der Waals surface area (Å²) in [6.45, 7) is 11.2. The molecule has 0 aromatic heterocycles. The van der Waals surface area contributed by atoms with E-state index in [1.807, 2.05) is 32.0 Å². The molecule has 152 valence electrons. The zero-order valence-electron chi connectivity index (χ0n) is 17.2. The van der Waals surface area contributed by atoms with E-state index in [0.29, 0.717) is 25.5 Å². The number of guanidine groups is 1. The van der Waals surface area contributed by atoms with Crippen molar-refractivity contribution in [2.24, 2.45) is 4.99 Å². The second kappa shape index (κ2) is 12.6. The van der Waals surface area contributed by atoms with Gasteiger partial charge in [0.15, 0.2) is 5.96 Å². The van der Waals surface area contributed by atoms with E-state index in [4.69, 9.17) is 11.6 Å². The molecule has 1 amide bonds. The second-order valence-electron chi connectivity index (χ2n) is 6.61. The Morgan fingerprint density at radius 1 is 1.19 bits per heavy atom. The Labute approximate surface area is 168 Å². The molecular formula is C20H34ClN5O. The molecule has 0 fully saturated rings. The van der Waals surface area contributed by atoms with Crippen LogP contribution in [0.25, 0.3) is 0 Å². The predicted molar refractivity (Wildman–Crippen MR) is 114 cm³/mol. The molecule has 1 rings (SSSR count). The number of carbonyl (C=O) groups excluding carboxylic acids is 1. The summed E-state index contributed by atoms with van der Waals surface area (Å²) in [5.41, 5.74) is 1.10. The van der Waals surface area contributed by atoms with Crippen LogP contribution in [0.4, 0.5) is 0 Å². The SMILES string of the molecule is CCN(CC)C(CNC(=NC)NCCC(=O)NC(C)C)c1ccccc1Cl. The topological polar surface area (TPSA) is 68.8 Å². The molecule has 0 saturated carbocycles. The molecule has 3 N–H and O–H groups in total. The smallest absolute Gasteiger partial charge is 0.221 e. The van der Waals surface area contributed by atoms with Gasteiger partial charge in [-0.25, -0.2) is 0 Å². The Morgan fingerprint density at radius 3 is 2.41 bits per heavy atom. The summed E-state index contributed by atoms with van der Waals surface area (Å²) < 4.78 is 0. The van der Waals surface area contributed by atoms with E-state index >= 15 is 0 Å². The van der Waals surface area contributed by atoms with Gasteiger partial charge in [0, 0.05) is 37.6 Å². The van der Waals surface area contributed by atoms with Crippen molar-refractivity contribution in [1.29, 1.82) is 0 Å². The third-order valence-electron chi connectivity index (χ3n) is 4.30. The number of hydrogen-bond acceptors (Lipinski definition) is 3. The van der Waals surface area contributed by atoms with Gasteiger partial charge in [-0.05, 0) is 38.6 Å². The first-order chi connectivity index (χ1) is 12.9. The van der Waals surface area contributed by atoms with Gasteiger partial charge in [0.1, 0.15) is 0 Å². The summed E-state index contributed by atoms with van der Waals surface area (Å²) in [4.78, 5) is 18.4. The average Bonchev–Trinajstić information content (AvgIpc) is 2.63. The molecule has 0 heterocycles. The van der Waals surface area contributed by atoms with Gasteiger partial charge < -0.3 is 16.0 Å². The minimum absolute atomic E-state index is 0.0324. The number of carbonyl (C=O) groups is 1. The largest absolute Gasteiger partial charge is 0.356 e. The standard InChI is InChI=1S/C20H34ClN5O/c1-6-26(7-2)18(16-10-8-9-11-17(16)21)14-24-20(22-5)23-13-12-19(27)25-15(3)4/h8-11,15,18H,6-7,12-14H2,1-5H3,(H,25,27)(H2,22,23,24). The highest BCUT2D eigenvalue weighted by atomic mass is 35.5. The summed E-state index contributed by atoms with van der Waals surface area (Å²) in [5.74, 6) is 0.710. The molecule has 0 aliphatic heterocycles. The minimum atomic E-state index is 0.0324. The number of nitrogens with one attached hydrogen (secondary N) is 3. The molecule has 1 unspecified atom stereocenters. The number of amides is 1. The van der Waals surface area contributed by atoms with Gasteiger partial charge in [-0.1, -0.05) is 43.6 Å². The number of nitrogens with zero attached hydrogens (tertiary/aromatic N) is 2. The highest BCUT2D eigenvalue weighted by molar-refractivity contribution is 6.31. The minimum Gasteiger partial charge on any atom is -0.356 e. The van der Waals surface area contributed by atoms with Gasteiger partial charge in [-0.2, -0.15) is 0 Å². The lowest BCUT2D eigenvalue weighted by Crippen LogP contribution is -2.44. The molecular weight excluding hydrogens is 362 g/mol. The number of likely N-dealkylation sites (N-methyl/N-ethyl adjacent to an activating group) is 1. The fraction of sp³-hybridized carbons (Fsp3) is 0.600. The number of halogens is 1. The summed E-state index contributed by atoms with van der Waals surface area (Å²) in [7, 11) is 1.73. The maximum Gasteiger partial charge on any atom is 0.221 e. The van der Waals surface area contributed by atoms with E-state index in [9.17, 15) is 4.79 Å². The zero-order chi connectivity index (χ0) is 20.2. The molecule has 0 saturated heterocycles. The highest BCUT2D eigenvalue weighted by Gasteiger charge is 2.20. The molecule has 27 heavy (non-hydrogen) atoms. The van der Waals surface area contributed by atoms with Crippen molar-refractivity contribution in [3.05, 3.63) is 34.9 Å². The summed E-state index contributed by atoms with van der Waals surface area (Å²) >= 11 is 6.44. The van der Waals surface area contributed by atoms with Gasteiger partial charge >= 0.3 is 0 Å². The van der Waals surface area contributed by atoms with Crippen molar-refractivity contribution in [3.63, 3.8) is 0 Å². The Bertz CT molecular complexity index is 602. The van der Waals surface area contributed by atoms with Crippen LogP contribution in [0.5, 0.6) is 0 Å². The van der Waals surface area contributed by atoms with E-state index in [2.05, 4.69) is 45.8 Å². The van der Waals surface area contributed by atoms with E-state index in [1.165, 1.54) is 0 Å². The lowest BCUT2D eigenvalue weighted by molar-refractivity contribution is -0.121. The first-order valence-corrected chi connectivity index (χ1v) is 10.0. The highest BCUT2D eigenvalue weighted by Crippen LogP contribution is 2.26. The predicted octanol–water partition coefficient (Wildman–Crippen LogP) is 2.80. The third kappa shape index (κ3) is 8.18. The van der Waals surface area contributed by atoms with Crippen molar-refractivity contribution >= 4 is 23.5 Å². The Kier molecular flexibility index (Phi) is 10.8. The first-order valence-electron chi connectivity index (χ1n) is 9.65. The van der Waals surface area contributed by atoms with Crippen molar-refractivity contribution in [2.75, 3.05) is 33.2 Å². The summed E-state index contributed by atoms with van der Waals surface area (Å²) in [6, 6.07) is 8.24. The summed E-state index contributed by atoms with van der Waals surface area (Å²) in [5, 5.41) is 10.2. The van der Waals surface area contributed by atoms with Crippen LogP contribution in [0, 0.1) is 0 Å². The molecule has 0 aliphatic carbocycles. The first kappa shape index (κ1) is 23.2. The zero-order valence-corrected chi connectivity index (χ0v) is 17.9. The fourth-order valence-electron chi connectivity index (χ4n) is 2.95. The number of aliphatic imine (C=N–C) groups is 1. The van der Waals surface area contributed by atoms with Crippen molar-refractivity contribution < 1.29 is 4.79 Å². The van der Waals surface area contributed by atoms with Crippen LogP contribution in [0.2, 0.25) is 5.02 Å². The van der Waals surface area contributed by atoms with E-state index in [-0.39, 0.29) is 18.0 Å². The van der Waals surface area contributed by atoms with Crippen LogP contribution in [0.1, 0.15) is 45.7 Å². The Hall–Kier alpha value is -1.79. The van der Waals surface area contributed by atoms with Crippen LogP contribution in [0.3, 0.4) is 0 Å².